The smallest absolute Gasteiger partial charge is 0.113 e. The van der Waals surface area contributed by atoms with Crippen molar-refractivity contribution in [2.45, 2.75) is 31.5 Å². The highest BCUT2D eigenvalue weighted by Crippen LogP contribution is 2.42. The molecule has 3 heterocycles. The Morgan fingerprint density at radius 3 is 2.67 bits per heavy atom. The summed E-state index contributed by atoms with van der Waals surface area (Å²) in [6, 6.07) is 12.1. The zero-order valence-electron chi connectivity index (χ0n) is 17.0. The SMILES string of the molecule is CO[C@@H]1C[C@H]2CN(Cc3ccsc3)C[C@H]2C[C@H]1n1cc(-c2ccc(C#N)cc2)nn1. The Morgan fingerprint density at radius 2 is 1.97 bits per heavy atom. The van der Waals surface area contributed by atoms with Crippen molar-refractivity contribution >= 4 is 11.3 Å². The van der Waals surface area contributed by atoms with Crippen LogP contribution in [0.25, 0.3) is 11.3 Å². The van der Waals surface area contributed by atoms with E-state index in [0.29, 0.717) is 17.4 Å². The molecule has 30 heavy (non-hydrogen) atoms. The van der Waals surface area contributed by atoms with E-state index < -0.39 is 0 Å². The molecule has 0 radical (unpaired) electrons. The summed E-state index contributed by atoms with van der Waals surface area (Å²) in [5.41, 5.74) is 3.88. The molecule has 1 aliphatic heterocycles. The third kappa shape index (κ3) is 3.79. The van der Waals surface area contributed by atoms with Crippen LogP contribution in [0.4, 0.5) is 0 Å². The lowest BCUT2D eigenvalue weighted by atomic mass is 9.77. The average Bonchev–Trinajstić information content (AvgIpc) is 3.53. The zero-order valence-corrected chi connectivity index (χ0v) is 17.8. The average molecular weight is 420 g/mol. The van der Waals surface area contributed by atoms with Crippen molar-refractivity contribution in [3.63, 3.8) is 0 Å². The van der Waals surface area contributed by atoms with Crippen LogP contribution in [0.1, 0.15) is 30.0 Å². The molecule has 1 saturated carbocycles. The number of methoxy groups -OCH3 is 1. The van der Waals surface area contributed by atoms with Crippen LogP contribution in [0, 0.1) is 23.2 Å². The van der Waals surface area contributed by atoms with E-state index >= 15 is 0 Å². The number of rotatable bonds is 5. The molecule has 1 aliphatic carbocycles. The van der Waals surface area contributed by atoms with Gasteiger partial charge in [0.05, 0.1) is 30.0 Å². The van der Waals surface area contributed by atoms with Gasteiger partial charge in [-0.1, -0.05) is 17.3 Å². The van der Waals surface area contributed by atoms with Crippen molar-refractivity contribution in [2.24, 2.45) is 11.8 Å². The molecule has 2 fully saturated rings. The summed E-state index contributed by atoms with van der Waals surface area (Å²) in [5.74, 6) is 1.36. The summed E-state index contributed by atoms with van der Waals surface area (Å²) in [4.78, 5) is 2.59. The zero-order chi connectivity index (χ0) is 20.5. The molecule has 3 aromatic rings. The monoisotopic (exact) mass is 419 g/mol. The molecule has 1 aromatic carbocycles. The van der Waals surface area contributed by atoms with Crippen molar-refractivity contribution in [3.05, 3.63) is 58.4 Å². The number of thiophene rings is 1. The highest BCUT2D eigenvalue weighted by atomic mass is 32.1. The second kappa shape index (κ2) is 8.31. The molecule has 6 nitrogen and oxygen atoms in total. The normalized spacial score (nSPS) is 26.4. The molecular weight excluding hydrogens is 394 g/mol. The second-order valence-electron chi connectivity index (χ2n) is 8.43. The minimum Gasteiger partial charge on any atom is -0.379 e. The van der Waals surface area contributed by atoms with Gasteiger partial charge in [0.15, 0.2) is 0 Å². The lowest BCUT2D eigenvalue weighted by Gasteiger charge is -2.37. The van der Waals surface area contributed by atoms with Crippen LogP contribution in [0.5, 0.6) is 0 Å². The fourth-order valence-corrected chi connectivity index (χ4v) is 5.74. The maximum atomic E-state index is 9.00. The largest absolute Gasteiger partial charge is 0.379 e. The lowest BCUT2D eigenvalue weighted by molar-refractivity contribution is -0.00545. The quantitative estimate of drug-likeness (QED) is 0.626. The highest BCUT2D eigenvalue weighted by Gasteiger charge is 2.43. The Morgan fingerprint density at radius 1 is 1.17 bits per heavy atom. The summed E-state index contributed by atoms with van der Waals surface area (Å²) in [6.45, 7) is 3.34. The summed E-state index contributed by atoms with van der Waals surface area (Å²) in [7, 11) is 1.81. The number of nitrogens with zero attached hydrogens (tertiary/aromatic N) is 5. The molecule has 2 aliphatic rings. The van der Waals surface area contributed by atoms with Gasteiger partial charge in [-0.3, -0.25) is 4.90 Å². The molecule has 7 heteroatoms. The maximum absolute atomic E-state index is 9.00. The Balaban J connectivity index is 1.31. The number of ether oxygens (including phenoxy) is 1. The van der Waals surface area contributed by atoms with Gasteiger partial charge < -0.3 is 4.74 Å². The molecule has 0 bridgehead atoms. The molecular formula is C23H25N5OS. The van der Waals surface area contributed by atoms with Crippen molar-refractivity contribution in [2.75, 3.05) is 20.2 Å². The Bertz CT molecular complexity index is 1020. The van der Waals surface area contributed by atoms with E-state index in [-0.39, 0.29) is 12.1 Å². The first kappa shape index (κ1) is 19.4. The summed E-state index contributed by atoms with van der Waals surface area (Å²) >= 11 is 1.77. The number of nitriles is 1. The van der Waals surface area contributed by atoms with E-state index in [0.717, 1.165) is 43.7 Å². The fourth-order valence-electron chi connectivity index (χ4n) is 5.08. The Hall–Kier alpha value is -2.53. The first-order valence-electron chi connectivity index (χ1n) is 10.4. The van der Waals surface area contributed by atoms with Gasteiger partial charge in [-0.15, -0.1) is 5.10 Å². The van der Waals surface area contributed by atoms with Crippen LogP contribution in [0.3, 0.4) is 0 Å². The summed E-state index contributed by atoms with van der Waals surface area (Å²) in [6.07, 6.45) is 4.32. The predicted molar refractivity (Wildman–Crippen MR) is 116 cm³/mol. The van der Waals surface area contributed by atoms with Crippen molar-refractivity contribution < 1.29 is 4.74 Å². The van der Waals surface area contributed by atoms with Gasteiger partial charge in [-0.05, 0) is 59.2 Å². The van der Waals surface area contributed by atoms with E-state index in [1.54, 1.807) is 11.3 Å². The number of likely N-dealkylation sites (tertiary alicyclic amines) is 1. The standard InChI is InChI=1S/C23H25N5OS/c1-29-23-9-20-13-27(11-17-6-7-30-15-17)12-19(20)8-22(23)28-14-21(25-26-28)18-4-2-16(10-24)3-5-18/h2-7,14-15,19-20,22-23H,8-9,11-13H2,1H3/t19-,20+,22-,23-/m1/s1. The fraction of sp³-hybridized carbons (Fsp3) is 0.435. The van der Waals surface area contributed by atoms with Gasteiger partial charge in [0, 0.05) is 32.3 Å². The molecule has 2 aromatic heterocycles. The molecule has 4 atom stereocenters. The number of hydrogen-bond acceptors (Lipinski definition) is 6. The van der Waals surface area contributed by atoms with E-state index in [2.05, 4.69) is 38.1 Å². The van der Waals surface area contributed by atoms with E-state index in [4.69, 9.17) is 10.00 Å². The molecule has 0 N–H and O–H groups in total. The van der Waals surface area contributed by atoms with Gasteiger partial charge in [0.1, 0.15) is 5.69 Å². The topological polar surface area (TPSA) is 67.0 Å². The lowest BCUT2D eigenvalue weighted by Crippen LogP contribution is -2.37. The number of benzene rings is 1. The number of fused-ring (bicyclic) bond motifs is 1. The minimum absolute atomic E-state index is 0.155. The van der Waals surface area contributed by atoms with Crippen molar-refractivity contribution in [1.29, 1.82) is 5.26 Å². The van der Waals surface area contributed by atoms with E-state index in [1.807, 2.05) is 42.3 Å². The van der Waals surface area contributed by atoms with Crippen molar-refractivity contribution in [3.8, 4) is 17.3 Å². The third-order valence-electron chi connectivity index (χ3n) is 6.61. The number of aromatic nitrogens is 3. The van der Waals surface area contributed by atoms with Crippen molar-refractivity contribution in [1.82, 2.24) is 19.9 Å². The van der Waals surface area contributed by atoms with Gasteiger partial charge >= 0.3 is 0 Å². The molecule has 154 valence electrons. The van der Waals surface area contributed by atoms with E-state index in [9.17, 15) is 0 Å². The molecule has 5 rings (SSSR count). The molecule has 0 unspecified atom stereocenters. The summed E-state index contributed by atoms with van der Waals surface area (Å²) in [5, 5.41) is 22.3. The Labute approximate surface area is 180 Å². The first-order valence-corrected chi connectivity index (χ1v) is 11.4. The number of hydrogen-bond donors (Lipinski definition) is 0. The van der Waals surface area contributed by atoms with Gasteiger partial charge in [0.25, 0.3) is 0 Å². The Kier molecular flexibility index (Phi) is 5.38. The van der Waals surface area contributed by atoms with Gasteiger partial charge in [-0.2, -0.15) is 16.6 Å². The molecule has 0 amide bonds. The van der Waals surface area contributed by atoms with Crippen LogP contribution in [0.2, 0.25) is 0 Å². The van der Waals surface area contributed by atoms with Crippen LogP contribution < -0.4 is 0 Å². The van der Waals surface area contributed by atoms with Gasteiger partial charge in [-0.25, -0.2) is 4.68 Å². The predicted octanol–water partition coefficient (Wildman–Crippen LogP) is 3.98. The summed E-state index contributed by atoms with van der Waals surface area (Å²) < 4.78 is 7.91. The minimum atomic E-state index is 0.155. The van der Waals surface area contributed by atoms with Gasteiger partial charge in [0.2, 0.25) is 0 Å². The first-order chi connectivity index (χ1) is 14.7. The van der Waals surface area contributed by atoms with Crippen LogP contribution in [-0.2, 0) is 11.3 Å². The maximum Gasteiger partial charge on any atom is 0.113 e. The third-order valence-corrected chi connectivity index (χ3v) is 7.34. The highest BCUT2D eigenvalue weighted by molar-refractivity contribution is 7.07. The van der Waals surface area contributed by atoms with Crippen LogP contribution in [-0.4, -0.2) is 46.2 Å². The van der Waals surface area contributed by atoms with Crippen LogP contribution in [0.15, 0.2) is 47.3 Å². The molecule has 0 spiro atoms. The van der Waals surface area contributed by atoms with E-state index in [1.165, 1.54) is 5.56 Å². The van der Waals surface area contributed by atoms with Crippen LogP contribution >= 0.6 is 11.3 Å². The second-order valence-corrected chi connectivity index (χ2v) is 9.21. The molecule has 1 saturated heterocycles.